The summed E-state index contributed by atoms with van der Waals surface area (Å²) in [6.07, 6.45) is -2.08. The molecule has 0 spiro atoms. The SMILES string of the molecule is CC1=C(CNC(=O)C2CCC(=O)N2C(C)C)C(C)CC=C1C(F)(F)F. The van der Waals surface area contributed by atoms with Gasteiger partial charge in [-0.1, -0.05) is 13.0 Å². The van der Waals surface area contributed by atoms with Crippen molar-refractivity contribution in [1.29, 1.82) is 0 Å². The lowest BCUT2D eigenvalue weighted by Crippen LogP contribution is -2.48. The number of carbonyl (C=O) groups is 2. The molecule has 2 amide bonds. The monoisotopic (exact) mass is 358 g/mol. The molecule has 1 N–H and O–H groups in total. The quantitative estimate of drug-likeness (QED) is 0.838. The summed E-state index contributed by atoms with van der Waals surface area (Å²) in [4.78, 5) is 25.9. The Morgan fingerprint density at radius 3 is 2.60 bits per heavy atom. The van der Waals surface area contributed by atoms with E-state index >= 15 is 0 Å². The third-order valence-electron chi connectivity index (χ3n) is 5.03. The Labute approximate surface area is 146 Å². The molecule has 2 atom stereocenters. The average molecular weight is 358 g/mol. The summed E-state index contributed by atoms with van der Waals surface area (Å²) in [7, 11) is 0. The highest BCUT2D eigenvalue weighted by Gasteiger charge is 2.39. The molecule has 7 heteroatoms. The second-order valence-corrected chi connectivity index (χ2v) is 7.07. The summed E-state index contributed by atoms with van der Waals surface area (Å²) in [5.74, 6) is -0.410. The number of alkyl halides is 3. The zero-order valence-electron chi connectivity index (χ0n) is 15.0. The normalized spacial score (nSPS) is 24.9. The highest BCUT2D eigenvalue weighted by Crippen LogP contribution is 2.38. The molecule has 25 heavy (non-hydrogen) atoms. The van der Waals surface area contributed by atoms with Crippen molar-refractivity contribution in [3.8, 4) is 0 Å². The second-order valence-electron chi connectivity index (χ2n) is 7.07. The van der Waals surface area contributed by atoms with Crippen LogP contribution in [0.4, 0.5) is 13.2 Å². The lowest BCUT2D eigenvalue weighted by atomic mass is 9.84. The molecule has 1 saturated heterocycles. The van der Waals surface area contributed by atoms with Crippen LogP contribution in [-0.2, 0) is 9.59 Å². The lowest BCUT2D eigenvalue weighted by Gasteiger charge is -2.29. The van der Waals surface area contributed by atoms with Gasteiger partial charge in [0.1, 0.15) is 6.04 Å². The molecule has 1 heterocycles. The minimum absolute atomic E-state index is 0.0566. The van der Waals surface area contributed by atoms with Gasteiger partial charge >= 0.3 is 6.18 Å². The summed E-state index contributed by atoms with van der Waals surface area (Å²) in [6.45, 7) is 7.08. The van der Waals surface area contributed by atoms with Crippen LogP contribution < -0.4 is 5.32 Å². The van der Waals surface area contributed by atoms with E-state index in [1.54, 1.807) is 4.90 Å². The van der Waals surface area contributed by atoms with Crippen molar-refractivity contribution < 1.29 is 22.8 Å². The summed E-state index contributed by atoms with van der Waals surface area (Å²) >= 11 is 0. The van der Waals surface area contributed by atoms with Crippen molar-refractivity contribution in [2.24, 2.45) is 5.92 Å². The number of rotatable bonds is 4. The summed E-state index contributed by atoms with van der Waals surface area (Å²) in [5, 5.41) is 2.75. The van der Waals surface area contributed by atoms with Crippen LogP contribution >= 0.6 is 0 Å². The molecular weight excluding hydrogens is 333 g/mol. The highest BCUT2D eigenvalue weighted by atomic mass is 19.4. The van der Waals surface area contributed by atoms with Crippen LogP contribution in [0.1, 0.15) is 47.0 Å². The third-order valence-corrected chi connectivity index (χ3v) is 5.03. The van der Waals surface area contributed by atoms with E-state index in [1.807, 2.05) is 20.8 Å². The number of halogens is 3. The highest BCUT2D eigenvalue weighted by molar-refractivity contribution is 5.91. The molecule has 0 aromatic rings. The third kappa shape index (κ3) is 4.07. The predicted octanol–water partition coefficient (Wildman–Crippen LogP) is 3.35. The van der Waals surface area contributed by atoms with E-state index in [4.69, 9.17) is 0 Å². The Hall–Kier alpha value is -1.79. The van der Waals surface area contributed by atoms with Crippen LogP contribution in [0.25, 0.3) is 0 Å². The molecular formula is C18H25F3N2O2. The van der Waals surface area contributed by atoms with Crippen molar-refractivity contribution in [3.63, 3.8) is 0 Å². The largest absolute Gasteiger partial charge is 0.416 e. The van der Waals surface area contributed by atoms with Gasteiger partial charge in [0, 0.05) is 19.0 Å². The van der Waals surface area contributed by atoms with Crippen LogP contribution in [-0.4, -0.2) is 41.5 Å². The van der Waals surface area contributed by atoms with E-state index < -0.39 is 17.8 Å². The first-order chi connectivity index (χ1) is 11.5. The smallest absolute Gasteiger partial charge is 0.351 e. The zero-order valence-corrected chi connectivity index (χ0v) is 15.0. The van der Waals surface area contributed by atoms with Gasteiger partial charge in [-0.05, 0) is 50.7 Å². The Morgan fingerprint density at radius 2 is 2.04 bits per heavy atom. The molecule has 0 radical (unpaired) electrons. The lowest BCUT2D eigenvalue weighted by molar-refractivity contribution is -0.136. The van der Waals surface area contributed by atoms with Crippen molar-refractivity contribution in [1.82, 2.24) is 10.2 Å². The van der Waals surface area contributed by atoms with Gasteiger partial charge in [0.05, 0.1) is 5.57 Å². The van der Waals surface area contributed by atoms with Gasteiger partial charge in [-0.15, -0.1) is 0 Å². The molecule has 4 nitrogen and oxygen atoms in total. The number of nitrogens with one attached hydrogen (secondary N) is 1. The molecule has 2 aliphatic rings. The van der Waals surface area contributed by atoms with E-state index in [2.05, 4.69) is 5.32 Å². The average Bonchev–Trinajstić information content (AvgIpc) is 2.87. The van der Waals surface area contributed by atoms with E-state index in [0.29, 0.717) is 24.8 Å². The van der Waals surface area contributed by atoms with Crippen molar-refractivity contribution in [2.45, 2.75) is 65.2 Å². The number of carbonyl (C=O) groups excluding carboxylic acids is 2. The first-order valence-corrected chi connectivity index (χ1v) is 8.60. The number of nitrogens with zero attached hydrogens (tertiary/aromatic N) is 1. The van der Waals surface area contributed by atoms with Gasteiger partial charge < -0.3 is 10.2 Å². The molecule has 0 saturated carbocycles. The molecule has 2 rings (SSSR count). The topological polar surface area (TPSA) is 49.4 Å². The fourth-order valence-electron chi connectivity index (χ4n) is 3.68. The van der Waals surface area contributed by atoms with E-state index in [-0.39, 0.29) is 35.9 Å². The summed E-state index contributed by atoms with van der Waals surface area (Å²) in [5.41, 5.74) is 0.174. The zero-order chi connectivity index (χ0) is 18.9. The van der Waals surface area contributed by atoms with Crippen LogP contribution in [0.5, 0.6) is 0 Å². The summed E-state index contributed by atoms with van der Waals surface area (Å²) in [6, 6.07) is -0.620. The van der Waals surface area contributed by atoms with Crippen molar-refractivity contribution >= 4 is 11.8 Å². The fourth-order valence-corrected chi connectivity index (χ4v) is 3.68. The second kappa shape index (κ2) is 7.22. The number of amides is 2. The van der Waals surface area contributed by atoms with Gasteiger partial charge in [0.25, 0.3) is 0 Å². The predicted molar refractivity (Wildman–Crippen MR) is 88.6 cm³/mol. The molecule has 0 aromatic carbocycles. The molecule has 140 valence electrons. The van der Waals surface area contributed by atoms with Gasteiger partial charge in [-0.2, -0.15) is 13.2 Å². The van der Waals surface area contributed by atoms with E-state index in [9.17, 15) is 22.8 Å². The van der Waals surface area contributed by atoms with Gasteiger partial charge in [0.15, 0.2) is 0 Å². The van der Waals surface area contributed by atoms with Crippen molar-refractivity contribution in [3.05, 3.63) is 22.8 Å². The van der Waals surface area contributed by atoms with Gasteiger partial charge in [-0.25, -0.2) is 0 Å². The molecule has 1 aliphatic heterocycles. The fraction of sp³-hybridized carbons (Fsp3) is 0.667. The number of allylic oxidation sites excluding steroid dienone is 3. The maximum absolute atomic E-state index is 13.1. The number of hydrogen-bond acceptors (Lipinski definition) is 2. The first-order valence-electron chi connectivity index (χ1n) is 8.60. The first kappa shape index (κ1) is 19.5. The standard InChI is InChI=1S/C18H25F3N2O2/c1-10(2)23-15(7-8-16(23)24)17(25)22-9-13-11(3)5-6-14(12(13)4)18(19,20)21/h6,10-11,15H,5,7-9H2,1-4H3,(H,22,25). The van der Waals surface area contributed by atoms with Gasteiger partial charge in [-0.3, -0.25) is 9.59 Å². The number of hydrogen-bond donors (Lipinski definition) is 1. The van der Waals surface area contributed by atoms with Crippen molar-refractivity contribution in [2.75, 3.05) is 6.54 Å². The summed E-state index contributed by atoms with van der Waals surface area (Å²) < 4.78 is 39.3. The number of likely N-dealkylation sites (tertiary alicyclic amines) is 1. The van der Waals surface area contributed by atoms with E-state index in [1.165, 1.54) is 13.0 Å². The maximum Gasteiger partial charge on any atom is 0.416 e. The Morgan fingerprint density at radius 1 is 1.40 bits per heavy atom. The maximum atomic E-state index is 13.1. The molecule has 2 unspecified atom stereocenters. The molecule has 1 aliphatic carbocycles. The van der Waals surface area contributed by atoms with Crippen LogP contribution in [0, 0.1) is 5.92 Å². The Bertz CT molecular complexity index is 620. The Balaban J connectivity index is 2.10. The molecule has 1 fully saturated rings. The minimum Gasteiger partial charge on any atom is -0.351 e. The Kier molecular flexibility index (Phi) is 5.64. The van der Waals surface area contributed by atoms with Crippen LogP contribution in [0.15, 0.2) is 22.8 Å². The van der Waals surface area contributed by atoms with Crippen LogP contribution in [0.2, 0.25) is 0 Å². The van der Waals surface area contributed by atoms with Crippen LogP contribution in [0.3, 0.4) is 0 Å². The van der Waals surface area contributed by atoms with Gasteiger partial charge in [0.2, 0.25) is 11.8 Å². The molecule has 0 bridgehead atoms. The molecule has 0 aromatic heterocycles. The van der Waals surface area contributed by atoms with E-state index in [0.717, 1.165) is 0 Å². The minimum atomic E-state index is -4.38.